The quantitative estimate of drug-likeness (QED) is 0.355. The van der Waals surface area contributed by atoms with E-state index >= 15 is 0 Å². The van der Waals surface area contributed by atoms with Gasteiger partial charge in [-0.1, -0.05) is 6.92 Å². The second-order valence-electron chi connectivity index (χ2n) is 4.83. The van der Waals surface area contributed by atoms with Crippen molar-refractivity contribution in [1.29, 1.82) is 0 Å². The number of rotatable bonds is 13. The van der Waals surface area contributed by atoms with Gasteiger partial charge >= 0.3 is 8.80 Å². The Morgan fingerprint density at radius 3 is 2.30 bits per heavy atom. The lowest BCUT2D eigenvalue weighted by molar-refractivity contribution is 0.0395. The highest BCUT2D eigenvalue weighted by atomic mass is 28.4. The van der Waals surface area contributed by atoms with Crippen LogP contribution in [-0.4, -0.2) is 78.5 Å². The molecular formula is C12H26O7Si. The molecule has 1 rings (SSSR count). The highest BCUT2D eigenvalue weighted by Crippen LogP contribution is 2.21. The van der Waals surface area contributed by atoms with Crippen molar-refractivity contribution in [2.45, 2.75) is 19.1 Å². The van der Waals surface area contributed by atoms with Crippen molar-refractivity contribution in [3.8, 4) is 0 Å². The average molecular weight is 310 g/mol. The molecule has 0 aromatic heterocycles. The zero-order valence-corrected chi connectivity index (χ0v) is 13.2. The Kier molecular flexibility index (Phi) is 8.81. The van der Waals surface area contributed by atoms with Crippen LogP contribution in [0.1, 0.15) is 6.92 Å². The standard InChI is InChI=1S/C12H26O7Si/c1-11(7-16-8-12-9-17-12)10-20(15-2,18-5-3-13)19-6-4-14/h11-14H,3-10H2,1-2H3. The van der Waals surface area contributed by atoms with Gasteiger partial charge in [0.25, 0.3) is 0 Å². The molecule has 2 N–H and O–H groups in total. The van der Waals surface area contributed by atoms with Crippen molar-refractivity contribution >= 4 is 8.80 Å². The van der Waals surface area contributed by atoms with E-state index in [2.05, 4.69) is 0 Å². The summed E-state index contributed by atoms with van der Waals surface area (Å²) in [6.07, 6.45) is 0.253. The number of epoxide rings is 1. The predicted molar refractivity (Wildman–Crippen MR) is 73.4 cm³/mol. The van der Waals surface area contributed by atoms with Gasteiger partial charge in [-0.25, -0.2) is 0 Å². The monoisotopic (exact) mass is 310 g/mol. The molecule has 0 aliphatic carbocycles. The van der Waals surface area contributed by atoms with Crippen molar-refractivity contribution in [1.82, 2.24) is 0 Å². The lowest BCUT2D eigenvalue weighted by atomic mass is 10.2. The van der Waals surface area contributed by atoms with E-state index in [1.165, 1.54) is 7.11 Å². The number of hydrogen-bond donors (Lipinski definition) is 2. The summed E-state index contributed by atoms with van der Waals surface area (Å²) >= 11 is 0. The minimum atomic E-state index is -2.87. The van der Waals surface area contributed by atoms with Crippen molar-refractivity contribution in [3.63, 3.8) is 0 Å². The molecule has 120 valence electrons. The molecule has 0 spiro atoms. The van der Waals surface area contributed by atoms with Gasteiger partial charge in [0.2, 0.25) is 0 Å². The molecule has 8 heteroatoms. The molecule has 20 heavy (non-hydrogen) atoms. The van der Waals surface area contributed by atoms with Crippen molar-refractivity contribution in [3.05, 3.63) is 0 Å². The molecule has 1 heterocycles. The molecule has 2 unspecified atom stereocenters. The normalized spacial score (nSPS) is 20.1. The van der Waals surface area contributed by atoms with E-state index in [4.69, 9.17) is 33.0 Å². The van der Waals surface area contributed by atoms with Gasteiger partial charge in [-0.05, 0) is 5.92 Å². The molecule has 1 aliphatic heterocycles. The minimum absolute atomic E-state index is 0.0928. The van der Waals surface area contributed by atoms with Gasteiger partial charge in [0, 0.05) is 19.8 Å². The topological polar surface area (TPSA) is 89.9 Å². The average Bonchev–Trinajstić information content (AvgIpc) is 3.26. The highest BCUT2D eigenvalue weighted by molar-refractivity contribution is 6.60. The van der Waals surface area contributed by atoms with E-state index in [-0.39, 0.29) is 38.4 Å². The van der Waals surface area contributed by atoms with E-state index in [1.807, 2.05) is 6.92 Å². The molecule has 0 bridgehead atoms. The third kappa shape index (κ3) is 7.09. The maximum Gasteiger partial charge on any atom is 0.501 e. The van der Waals surface area contributed by atoms with Gasteiger partial charge in [-0.3, -0.25) is 0 Å². The second-order valence-corrected chi connectivity index (χ2v) is 7.59. The van der Waals surface area contributed by atoms with Gasteiger partial charge < -0.3 is 33.0 Å². The van der Waals surface area contributed by atoms with Crippen molar-refractivity contribution in [2.75, 3.05) is 53.4 Å². The largest absolute Gasteiger partial charge is 0.501 e. The zero-order valence-electron chi connectivity index (χ0n) is 12.2. The van der Waals surface area contributed by atoms with Crippen LogP contribution in [0.25, 0.3) is 0 Å². The fourth-order valence-electron chi connectivity index (χ4n) is 1.81. The molecule has 1 fully saturated rings. The van der Waals surface area contributed by atoms with Gasteiger partial charge in [-0.2, -0.15) is 0 Å². The predicted octanol–water partition coefficient (Wildman–Crippen LogP) is -0.359. The van der Waals surface area contributed by atoms with E-state index < -0.39 is 8.80 Å². The smallest absolute Gasteiger partial charge is 0.394 e. The van der Waals surface area contributed by atoms with Crippen LogP contribution in [0.3, 0.4) is 0 Å². The Balaban J connectivity index is 2.37. The molecule has 0 saturated carbocycles. The van der Waals surface area contributed by atoms with Gasteiger partial charge in [-0.15, -0.1) is 0 Å². The third-order valence-corrected chi connectivity index (χ3v) is 5.95. The number of aliphatic hydroxyl groups is 2. The first-order chi connectivity index (χ1) is 9.65. The SMILES string of the molecule is CO[Si](CC(C)COCC1CO1)(OCCO)OCCO. The first-order valence-corrected chi connectivity index (χ1v) is 8.83. The maximum absolute atomic E-state index is 8.89. The molecule has 1 aliphatic rings. The van der Waals surface area contributed by atoms with Crippen LogP contribution in [-0.2, 0) is 22.8 Å². The van der Waals surface area contributed by atoms with Crippen LogP contribution in [0.4, 0.5) is 0 Å². The van der Waals surface area contributed by atoms with Gasteiger partial charge in [0.1, 0.15) is 6.10 Å². The van der Waals surface area contributed by atoms with Gasteiger partial charge in [0.15, 0.2) is 0 Å². The van der Waals surface area contributed by atoms with Crippen molar-refractivity contribution < 1.29 is 33.0 Å². The molecular weight excluding hydrogens is 284 g/mol. The first kappa shape index (κ1) is 18.0. The van der Waals surface area contributed by atoms with E-state index in [9.17, 15) is 0 Å². The van der Waals surface area contributed by atoms with Crippen LogP contribution in [0.2, 0.25) is 6.04 Å². The maximum atomic E-state index is 8.89. The Hall–Kier alpha value is -0.0631. The summed E-state index contributed by atoms with van der Waals surface area (Å²) in [5, 5.41) is 17.8. The van der Waals surface area contributed by atoms with Gasteiger partial charge in [0.05, 0.1) is 39.6 Å². The fraction of sp³-hybridized carbons (Fsp3) is 1.00. The summed E-state index contributed by atoms with van der Waals surface area (Å²) in [6.45, 7) is 4.13. The molecule has 0 radical (unpaired) electrons. The lowest BCUT2D eigenvalue weighted by Gasteiger charge is -2.29. The van der Waals surface area contributed by atoms with Crippen LogP contribution >= 0.6 is 0 Å². The van der Waals surface area contributed by atoms with Crippen LogP contribution in [0.5, 0.6) is 0 Å². The Labute approximate surface area is 121 Å². The molecule has 7 nitrogen and oxygen atoms in total. The Morgan fingerprint density at radius 2 is 1.85 bits per heavy atom. The Morgan fingerprint density at radius 1 is 1.25 bits per heavy atom. The first-order valence-electron chi connectivity index (χ1n) is 6.90. The number of aliphatic hydroxyl groups excluding tert-OH is 2. The summed E-state index contributed by atoms with van der Waals surface area (Å²) < 4.78 is 27.3. The van der Waals surface area contributed by atoms with Crippen molar-refractivity contribution in [2.24, 2.45) is 5.92 Å². The second kappa shape index (κ2) is 9.80. The summed E-state index contributed by atoms with van der Waals surface area (Å²) in [5.41, 5.74) is 0. The highest BCUT2D eigenvalue weighted by Gasteiger charge is 2.41. The number of hydrogen-bond acceptors (Lipinski definition) is 7. The molecule has 0 aromatic carbocycles. The summed E-state index contributed by atoms with van der Waals surface area (Å²) in [7, 11) is -1.33. The molecule has 0 amide bonds. The van der Waals surface area contributed by atoms with Crippen LogP contribution in [0.15, 0.2) is 0 Å². The number of ether oxygens (including phenoxy) is 2. The van der Waals surface area contributed by atoms with E-state index in [0.717, 1.165) is 6.61 Å². The van der Waals surface area contributed by atoms with E-state index in [0.29, 0.717) is 19.3 Å². The third-order valence-electron chi connectivity index (χ3n) is 2.84. The van der Waals surface area contributed by atoms with Crippen LogP contribution in [0, 0.1) is 5.92 Å². The summed E-state index contributed by atoms with van der Waals surface area (Å²) in [4.78, 5) is 0. The molecule has 0 aromatic rings. The summed E-state index contributed by atoms with van der Waals surface area (Å²) in [5.74, 6) is 0.192. The lowest BCUT2D eigenvalue weighted by Crippen LogP contribution is -2.47. The molecule has 2 atom stereocenters. The zero-order chi connectivity index (χ0) is 14.8. The summed E-state index contributed by atoms with van der Waals surface area (Å²) in [6, 6.07) is 0.578. The Bertz CT molecular complexity index is 242. The van der Waals surface area contributed by atoms with Crippen LogP contribution < -0.4 is 0 Å². The minimum Gasteiger partial charge on any atom is -0.394 e. The fourth-order valence-corrected chi connectivity index (χ4v) is 4.31. The van der Waals surface area contributed by atoms with E-state index in [1.54, 1.807) is 0 Å². The molecule has 1 saturated heterocycles.